The van der Waals surface area contributed by atoms with Gasteiger partial charge >= 0.3 is 0 Å². The summed E-state index contributed by atoms with van der Waals surface area (Å²) in [7, 11) is 0. The van der Waals surface area contributed by atoms with E-state index in [-0.39, 0.29) is 11.9 Å². The van der Waals surface area contributed by atoms with Gasteiger partial charge in [-0.05, 0) is 18.8 Å². The summed E-state index contributed by atoms with van der Waals surface area (Å²) in [5, 5.41) is 0. The smallest absolute Gasteiger partial charge is 0.222 e. The largest absolute Gasteiger partial charge is 0.336 e. The van der Waals surface area contributed by atoms with Crippen molar-refractivity contribution in [1.82, 2.24) is 4.90 Å². The first-order chi connectivity index (χ1) is 6.74. The van der Waals surface area contributed by atoms with Crippen LogP contribution in [0, 0.1) is 5.92 Å². The van der Waals surface area contributed by atoms with E-state index in [1.165, 1.54) is 6.42 Å². The number of piperidine rings is 1. The van der Waals surface area contributed by atoms with Gasteiger partial charge in [-0.1, -0.05) is 26.3 Å². The maximum Gasteiger partial charge on any atom is 0.222 e. The van der Waals surface area contributed by atoms with E-state index in [4.69, 9.17) is 0 Å². The van der Waals surface area contributed by atoms with Crippen LogP contribution in [0.15, 0.2) is 12.7 Å². The Morgan fingerprint density at radius 1 is 1.57 bits per heavy atom. The normalized spacial score (nSPS) is 27.4. The SMILES string of the molecule is C=C[C@H]1[C@H](CC)CCCN1C(=O)CC. The predicted molar refractivity (Wildman–Crippen MR) is 59.0 cm³/mol. The lowest BCUT2D eigenvalue weighted by molar-refractivity contribution is -0.134. The Morgan fingerprint density at radius 3 is 2.79 bits per heavy atom. The highest BCUT2D eigenvalue weighted by Crippen LogP contribution is 2.27. The van der Waals surface area contributed by atoms with Crippen molar-refractivity contribution >= 4 is 5.91 Å². The molecule has 0 bridgehead atoms. The second-order valence-corrected chi connectivity index (χ2v) is 3.98. The molecule has 2 nitrogen and oxygen atoms in total. The minimum atomic E-state index is 0.271. The van der Waals surface area contributed by atoms with Crippen molar-refractivity contribution in [3.63, 3.8) is 0 Å². The fraction of sp³-hybridized carbons (Fsp3) is 0.750. The zero-order valence-corrected chi connectivity index (χ0v) is 9.33. The third-order valence-corrected chi connectivity index (χ3v) is 3.21. The first kappa shape index (κ1) is 11.3. The first-order valence-electron chi connectivity index (χ1n) is 5.66. The van der Waals surface area contributed by atoms with Crippen LogP contribution in [0.5, 0.6) is 0 Å². The third-order valence-electron chi connectivity index (χ3n) is 3.21. The molecule has 1 rings (SSSR count). The highest BCUT2D eigenvalue weighted by Gasteiger charge is 2.30. The van der Waals surface area contributed by atoms with Crippen LogP contribution in [0.3, 0.4) is 0 Å². The lowest BCUT2D eigenvalue weighted by atomic mass is 9.87. The van der Waals surface area contributed by atoms with Gasteiger partial charge in [-0.3, -0.25) is 4.79 Å². The number of hydrogen-bond donors (Lipinski definition) is 0. The highest BCUT2D eigenvalue weighted by molar-refractivity contribution is 5.76. The van der Waals surface area contributed by atoms with Gasteiger partial charge in [0.1, 0.15) is 0 Å². The summed E-state index contributed by atoms with van der Waals surface area (Å²) in [5.41, 5.74) is 0. The molecule has 1 aliphatic rings. The molecule has 0 aliphatic carbocycles. The van der Waals surface area contributed by atoms with E-state index in [0.717, 1.165) is 19.4 Å². The number of nitrogens with zero attached hydrogens (tertiary/aromatic N) is 1. The van der Waals surface area contributed by atoms with Gasteiger partial charge in [-0.25, -0.2) is 0 Å². The van der Waals surface area contributed by atoms with E-state index in [1.807, 2.05) is 17.9 Å². The van der Waals surface area contributed by atoms with Crippen LogP contribution in [0.4, 0.5) is 0 Å². The van der Waals surface area contributed by atoms with E-state index in [1.54, 1.807) is 0 Å². The molecule has 0 radical (unpaired) electrons. The molecule has 0 N–H and O–H groups in total. The van der Waals surface area contributed by atoms with E-state index in [2.05, 4.69) is 13.5 Å². The number of likely N-dealkylation sites (tertiary alicyclic amines) is 1. The van der Waals surface area contributed by atoms with Crippen LogP contribution in [0.25, 0.3) is 0 Å². The van der Waals surface area contributed by atoms with Crippen molar-refractivity contribution in [1.29, 1.82) is 0 Å². The van der Waals surface area contributed by atoms with Crippen LogP contribution in [-0.4, -0.2) is 23.4 Å². The summed E-state index contributed by atoms with van der Waals surface area (Å²) in [6.07, 6.45) is 6.08. The Hall–Kier alpha value is -0.790. The molecule has 0 aromatic carbocycles. The summed E-state index contributed by atoms with van der Waals surface area (Å²) in [6.45, 7) is 8.90. The Balaban J connectivity index is 2.72. The summed E-state index contributed by atoms with van der Waals surface area (Å²) in [6, 6.07) is 0.279. The molecule has 14 heavy (non-hydrogen) atoms. The van der Waals surface area contributed by atoms with Crippen molar-refractivity contribution in [2.75, 3.05) is 6.54 Å². The van der Waals surface area contributed by atoms with Gasteiger partial charge < -0.3 is 4.90 Å². The van der Waals surface area contributed by atoms with Crippen molar-refractivity contribution in [3.8, 4) is 0 Å². The van der Waals surface area contributed by atoms with Crippen LogP contribution in [0.1, 0.15) is 39.5 Å². The first-order valence-corrected chi connectivity index (χ1v) is 5.66. The highest BCUT2D eigenvalue weighted by atomic mass is 16.2. The van der Waals surface area contributed by atoms with Crippen LogP contribution in [0.2, 0.25) is 0 Å². The van der Waals surface area contributed by atoms with Crippen molar-refractivity contribution in [3.05, 3.63) is 12.7 Å². The molecule has 0 aromatic heterocycles. The monoisotopic (exact) mass is 195 g/mol. The van der Waals surface area contributed by atoms with Gasteiger partial charge in [0.15, 0.2) is 0 Å². The minimum absolute atomic E-state index is 0.271. The van der Waals surface area contributed by atoms with Crippen molar-refractivity contribution < 1.29 is 4.79 Å². The van der Waals surface area contributed by atoms with E-state index >= 15 is 0 Å². The Bertz CT molecular complexity index is 212. The molecule has 1 saturated heterocycles. The van der Waals surface area contributed by atoms with E-state index in [0.29, 0.717) is 12.3 Å². The molecule has 1 aliphatic heterocycles. The molecule has 2 heteroatoms. The van der Waals surface area contributed by atoms with Gasteiger partial charge in [0.25, 0.3) is 0 Å². The number of rotatable bonds is 3. The predicted octanol–water partition coefficient (Wildman–Crippen LogP) is 2.60. The summed E-state index contributed by atoms with van der Waals surface area (Å²) < 4.78 is 0. The van der Waals surface area contributed by atoms with E-state index in [9.17, 15) is 4.79 Å². The average molecular weight is 195 g/mol. The Morgan fingerprint density at radius 2 is 2.29 bits per heavy atom. The van der Waals surface area contributed by atoms with Gasteiger partial charge in [0.05, 0.1) is 6.04 Å². The summed E-state index contributed by atoms with van der Waals surface area (Å²) in [5.74, 6) is 0.893. The number of hydrogen-bond acceptors (Lipinski definition) is 1. The zero-order chi connectivity index (χ0) is 10.6. The fourth-order valence-electron chi connectivity index (χ4n) is 2.36. The van der Waals surface area contributed by atoms with Gasteiger partial charge in [-0.15, -0.1) is 6.58 Å². The maximum absolute atomic E-state index is 11.7. The molecule has 0 spiro atoms. The molecule has 1 heterocycles. The van der Waals surface area contributed by atoms with Crippen LogP contribution in [-0.2, 0) is 4.79 Å². The quantitative estimate of drug-likeness (QED) is 0.634. The van der Waals surface area contributed by atoms with Gasteiger partial charge in [0, 0.05) is 13.0 Å². The molecule has 0 saturated carbocycles. The minimum Gasteiger partial charge on any atom is -0.336 e. The molecule has 1 fully saturated rings. The Kier molecular flexibility index (Phi) is 4.18. The molecule has 80 valence electrons. The second kappa shape index (κ2) is 5.18. The van der Waals surface area contributed by atoms with Crippen LogP contribution >= 0.6 is 0 Å². The third kappa shape index (κ3) is 2.17. The lowest BCUT2D eigenvalue weighted by Gasteiger charge is -2.39. The molecule has 2 atom stereocenters. The Labute approximate surface area is 87.0 Å². The molecule has 0 aromatic rings. The average Bonchev–Trinajstić information content (AvgIpc) is 2.26. The number of carbonyl (C=O) groups excluding carboxylic acids is 1. The second-order valence-electron chi connectivity index (χ2n) is 3.98. The van der Waals surface area contributed by atoms with Gasteiger partial charge in [0.2, 0.25) is 5.91 Å². The maximum atomic E-state index is 11.7. The number of carbonyl (C=O) groups is 1. The van der Waals surface area contributed by atoms with Crippen LogP contribution < -0.4 is 0 Å². The standard InChI is InChI=1S/C12H21NO/c1-4-10-8-7-9-13(11(10)5-2)12(14)6-3/h5,10-11H,2,4,6-9H2,1,3H3/t10-,11+/m1/s1. The molecule has 0 unspecified atom stereocenters. The number of amides is 1. The van der Waals surface area contributed by atoms with Crippen molar-refractivity contribution in [2.24, 2.45) is 5.92 Å². The van der Waals surface area contributed by atoms with Gasteiger partial charge in [-0.2, -0.15) is 0 Å². The zero-order valence-electron chi connectivity index (χ0n) is 9.33. The molecular formula is C12H21NO. The lowest BCUT2D eigenvalue weighted by Crippen LogP contribution is -2.47. The topological polar surface area (TPSA) is 20.3 Å². The van der Waals surface area contributed by atoms with Crippen molar-refractivity contribution in [2.45, 2.75) is 45.6 Å². The molecular weight excluding hydrogens is 174 g/mol. The summed E-state index contributed by atoms with van der Waals surface area (Å²) >= 11 is 0. The fourth-order valence-corrected chi connectivity index (χ4v) is 2.36. The van der Waals surface area contributed by atoms with E-state index < -0.39 is 0 Å². The summed E-state index contributed by atoms with van der Waals surface area (Å²) in [4.78, 5) is 13.7. The molecule has 1 amide bonds.